The smallest absolute Gasteiger partial charge is 0.272 e. The Balaban J connectivity index is 1.40. The van der Waals surface area contributed by atoms with E-state index in [-0.39, 0.29) is 23.3 Å². The maximum absolute atomic E-state index is 13.2. The van der Waals surface area contributed by atoms with Gasteiger partial charge in [0.2, 0.25) is 11.0 Å². The number of nitrogens with zero attached hydrogens (tertiary/aromatic N) is 2. The number of thioether (sulfide) groups is 1. The van der Waals surface area contributed by atoms with E-state index in [1.54, 1.807) is 42.5 Å². The number of hydrogen-bond acceptors (Lipinski definition) is 7. The van der Waals surface area contributed by atoms with Gasteiger partial charge in [-0.05, 0) is 61.9 Å². The van der Waals surface area contributed by atoms with Gasteiger partial charge in [0.25, 0.3) is 11.8 Å². The second-order valence-electron chi connectivity index (χ2n) is 8.23. The van der Waals surface area contributed by atoms with E-state index >= 15 is 0 Å². The summed E-state index contributed by atoms with van der Waals surface area (Å²) >= 11 is 2.68. The van der Waals surface area contributed by atoms with Crippen molar-refractivity contribution in [3.8, 4) is 0 Å². The van der Waals surface area contributed by atoms with Crippen LogP contribution >= 0.6 is 23.1 Å². The minimum Gasteiger partial charge on any atom is -0.321 e. The fourth-order valence-corrected chi connectivity index (χ4v) is 4.56. The molecule has 10 heteroatoms. The maximum atomic E-state index is 13.2. The predicted molar refractivity (Wildman–Crippen MR) is 152 cm³/mol. The Kier molecular flexibility index (Phi) is 9.02. The van der Waals surface area contributed by atoms with Crippen LogP contribution in [0.5, 0.6) is 0 Å². The number of benzene rings is 3. The largest absolute Gasteiger partial charge is 0.321 e. The highest BCUT2D eigenvalue weighted by molar-refractivity contribution is 8.00. The Hall–Kier alpha value is -4.28. The summed E-state index contributed by atoms with van der Waals surface area (Å²) in [7, 11) is 0. The lowest BCUT2D eigenvalue weighted by Gasteiger charge is -2.12. The molecule has 0 aliphatic rings. The lowest BCUT2D eigenvalue weighted by atomic mass is 10.1. The number of anilines is 2. The fraction of sp³-hybridized carbons (Fsp3) is 0.107. The summed E-state index contributed by atoms with van der Waals surface area (Å²) in [6.07, 6.45) is 1.64. The van der Waals surface area contributed by atoms with E-state index in [1.165, 1.54) is 23.1 Å². The first-order chi connectivity index (χ1) is 18.4. The van der Waals surface area contributed by atoms with E-state index in [2.05, 4.69) is 26.1 Å². The van der Waals surface area contributed by atoms with E-state index in [9.17, 15) is 14.4 Å². The van der Waals surface area contributed by atoms with Crippen molar-refractivity contribution in [2.45, 2.75) is 18.7 Å². The van der Waals surface area contributed by atoms with Gasteiger partial charge in [0.15, 0.2) is 0 Å². The third-order valence-electron chi connectivity index (χ3n) is 5.17. The van der Waals surface area contributed by atoms with Crippen LogP contribution in [0.15, 0.2) is 89.5 Å². The highest BCUT2D eigenvalue weighted by atomic mass is 32.2. The van der Waals surface area contributed by atoms with Crippen molar-refractivity contribution < 1.29 is 14.4 Å². The van der Waals surface area contributed by atoms with E-state index in [1.807, 2.05) is 56.3 Å². The van der Waals surface area contributed by atoms with Gasteiger partial charge in [0.1, 0.15) is 10.7 Å². The number of aromatic nitrogens is 2. The van der Waals surface area contributed by atoms with Crippen LogP contribution in [0.3, 0.4) is 0 Å². The molecule has 3 aromatic carbocycles. The molecule has 0 fully saturated rings. The van der Waals surface area contributed by atoms with Crippen molar-refractivity contribution in [1.82, 2.24) is 15.5 Å². The van der Waals surface area contributed by atoms with Crippen LogP contribution in [0.2, 0.25) is 0 Å². The molecular weight excluding hydrogens is 518 g/mol. The topological polar surface area (TPSA) is 113 Å². The first-order valence-corrected chi connectivity index (χ1v) is 13.4. The zero-order valence-electron chi connectivity index (χ0n) is 20.7. The number of aryl methyl sites for hydroxylation is 2. The van der Waals surface area contributed by atoms with Crippen LogP contribution in [0.1, 0.15) is 26.5 Å². The second-order valence-corrected chi connectivity index (χ2v) is 10.5. The molecule has 38 heavy (non-hydrogen) atoms. The highest BCUT2D eigenvalue weighted by Crippen LogP contribution is 2.22. The van der Waals surface area contributed by atoms with Crippen LogP contribution in [-0.4, -0.2) is 33.7 Å². The Bertz CT molecular complexity index is 1450. The van der Waals surface area contributed by atoms with E-state index in [0.29, 0.717) is 16.4 Å². The van der Waals surface area contributed by atoms with Crippen LogP contribution in [0, 0.1) is 13.8 Å². The molecule has 0 atom stereocenters. The summed E-state index contributed by atoms with van der Waals surface area (Å²) in [5, 5.41) is 17.3. The molecule has 4 rings (SSSR count). The Morgan fingerprint density at radius 3 is 2.24 bits per heavy atom. The average Bonchev–Trinajstić information content (AvgIpc) is 3.33. The third kappa shape index (κ3) is 7.86. The first kappa shape index (κ1) is 26.8. The lowest BCUT2D eigenvalue weighted by molar-refractivity contribution is -0.114. The molecule has 0 radical (unpaired) electrons. The molecule has 0 aliphatic carbocycles. The van der Waals surface area contributed by atoms with Crippen molar-refractivity contribution in [2.75, 3.05) is 16.4 Å². The summed E-state index contributed by atoms with van der Waals surface area (Å²) < 4.78 is 0. The second kappa shape index (κ2) is 12.8. The highest BCUT2D eigenvalue weighted by Gasteiger charge is 2.15. The SMILES string of the molecule is Cc1ccc(/C=C(\NC(=O)c2ccccc2)C(=O)Nc2ccc(SCC(=O)Nc3nnc(C)s3)cc2)cc1. The summed E-state index contributed by atoms with van der Waals surface area (Å²) in [6.45, 7) is 3.80. The minimum absolute atomic E-state index is 0.116. The quantitative estimate of drug-likeness (QED) is 0.195. The van der Waals surface area contributed by atoms with Gasteiger partial charge in [-0.15, -0.1) is 22.0 Å². The molecule has 0 unspecified atom stereocenters. The number of amides is 3. The van der Waals surface area contributed by atoms with Crippen LogP contribution < -0.4 is 16.0 Å². The van der Waals surface area contributed by atoms with Gasteiger partial charge in [0.05, 0.1) is 5.75 Å². The van der Waals surface area contributed by atoms with Gasteiger partial charge in [-0.25, -0.2) is 0 Å². The first-order valence-electron chi connectivity index (χ1n) is 11.6. The van der Waals surface area contributed by atoms with Crippen molar-refractivity contribution in [3.05, 3.63) is 106 Å². The van der Waals surface area contributed by atoms with E-state index in [4.69, 9.17) is 0 Å². The van der Waals surface area contributed by atoms with E-state index in [0.717, 1.165) is 21.0 Å². The molecule has 0 spiro atoms. The summed E-state index contributed by atoms with van der Waals surface area (Å²) in [5.41, 5.74) is 2.98. The molecule has 3 amide bonds. The number of carbonyl (C=O) groups excluding carboxylic acids is 3. The Morgan fingerprint density at radius 2 is 1.58 bits per heavy atom. The minimum atomic E-state index is -0.456. The molecule has 1 aromatic heterocycles. The molecule has 0 saturated heterocycles. The molecule has 0 saturated carbocycles. The van der Waals surface area contributed by atoms with Gasteiger partial charge in [-0.3, -0.25) is 19.7 Å². The zero-order valence-corrected chi connectivity index (χ0v) is 22.4. The molecular formula is C28H25N5O3S2. The summed E-state index contributed by atoms with van der Waals surface area (Å²) in [5.74, 6) is -0.808. The number of hydrogen-bond donors (Lipinski definition) is 3. The van der Waals surface area contributed by atoms with Crippen LogP contribution in [0.4, 0.5) is 10.8 Å². The van der Waals surface area contributed by atoms with Crippen LogP contribution in [0.25, 0.3) is 6.08 Å². The third-order valence-corrected chi connectivity index (χ3v) is 6.94. The number of carbonyl (C=O) groups is 3. The van der Waals surface area contributed by atoms with Crippen LogP contribution in [-0.2, 0) is 9.59 Å². The zero-order chi connectivity index (χ0) is 26.9. The van der Waals surface area contributed by atoms with Gasteiger partial charge in [-0.2, -0.15) is 0 Å². The fourth-order valence-electron chi connectivity index (χ4n) is 3.26. The molecule has 0 aliphatic heterocycles. The van der Waals surface area contributed by atoms with E-state index < -0.39 is 5.91 Å². The summed E-state index contributed by atoms with van der Waals surface area (Å²) in [6, 6.07) is 23.5. The lowest BCUT2D eigenvalue weighted by Crippen LogP contribution is -2.30. The Labute approximate surface area is 228 Å². The van der Waals surface area contributed by atoms with Crippen molar-refractivity contribution >= 4 is 57.7 Å². The number of rotatable bonds is 9. The summed E-state index contributed by atoms with van der Waals surface area (Å²) in [4.78, 5) is 38.9. The monoisotopic (exact) mass is 543 g/mol. The van der Waals surface area contributed by atoms with Crippen molar-refractivity contribution in [1.29, 1.82) is 0 Å². The standard InChI is InChI=1S/C28H25N5O3S2/c1-18-8-10-20(11-9-18)16-24(30-26(35)21-6-4-3-5-7-21)27(36)29-22-12-14-23(15-13-22)37-17-25(34)31-28-33-32-19(2)38-28/h3-16H,17H2,1-2H3,(H,29,36)(H,30,35)(H,31,33,34)/b24-16-. The predicted octanol–water partition coefficient (Wildman–Crippen LogP) is 5.30. The average molecular weight is 544 g/mol. The van der Waals surface area contributed by atoms with Gasteiger partial charge >= 0.3 is 0 Å². The Morgan fingerprint density at radius 1 is 0.868 bits per heavy atom. The maximum Gasteiger partial charge on any atom is 0.272 e. The molecule has 4 aromatic rings. The molecule has 1 heterocycles. The molecule has 8 nitrogen and oxygen atoms in total. The normalized spacial score (nSPS) is 11.1. The van der Waals surface area contributed by atoms with Gasteiger partial charge in [0, 0.05) is 16.1 Å². The van der Waals surface area contributed by atoms with Crippen molar-refractivity contribution in [3.63, 3.8) is 0 Å². The molecule has 192 valence electrons. The van der Waals surface area contributed by atoms with Gasteiger partial charge in [-0.1, -0.05) is 59.4 Å². The van der Waals surface area contributed by atoms with Crippen molar-refractivity contribution in [2.24, 2.45) is 0 Å². The molecule has 0 bridgehead atoms. The number of nitrogens with one attached hydrogen (secondary N) is 3. The molecule has 3 N–H and O–H groups in total. The van der Waals surface area contributed by atoms with Gasteiger partial charge < -0.3 is 10.6 Å².